The first kappa shape index (κ1) is 15.4. The van der Waals surface area contributed by atoms with Crippen molar-refractivity contribution in [2.45, 2.75) is 13.1 Å². The molecule has 1 amide bonds. The molecule has 0 saturated heterocycles. The third-order valence-corrected chi connectivity index (χ3v) is 3.73. The van der Waals surface area contributed by atoms with Crippen LogP contribution in [0.1, 0.15) is 21.7 Å². The van der Waals surface area contributed by atoms with Gasteiger partial charge in [0.05, 0.1) is 12.8 Å². The Labute approximate surface area is 140 Å². The number of hydrogen-bond acceptors (Lipinski definition) is 2. The average molecular weight is 326 g/mol. The molecule has 2 aromatic carbocycles. The summed E-state index contributed by atoms with van der Waals surface area (Å²) < 4.78 is 5.39. The zero-order chi connectivity index (χ0) is 16.1. The Balaban J connectivity index is 1.85. The van der Waals surface area contributed by atoms with Crippen molar-refractivity contribution in [1.29, 1.82) is 0 Å². The van der Waals surface area contributed by atoms with Crippen molar-refractivity contribution >= 4 is 17.5 Å². The molecular weight excluding hydrogens is 310 g/mol. The molecule has 0 saturated carbocycles. The van der Waals surface area contributed by atoms with Crippen LogP contribution < -0.4 is 0 Å². The van der Waals surface area contributed by atoms with Crippen LogP contribution in [0.25, 0.3) is 0 Å². The number of amides is 1. The third kappa shape index (κ3) is 4.02. The summed E-state index contributed by atoms with van der Waals surface area (Å²) in [5.74, 6) is 0.707. The average Bonchev–Trinajstić information content (AvgIpc) is 3.07. The van der Waals surface area contributed by atoms with Crippen molar-refractivity contribution in [2.75, 3.05) is 0 Å². The van der Waals surface area contributed by atoms with E-state index in [1.54, 1.807) is 11.2 Å². The molecule has 3 rings (SSSR count). The van der Waals surface area contributed by atoms with Crippen molar-refractivity contribution in [2.24, 2.45) is 0 Å². The maximum absolute atomic E-state index is 12.8. The highest BCUT2D eigenvalue weighted by molar-refractivity contribution is 6.30. The van der Waals surface area contributed by atoms with Crippen LogP contribution in [0.15, 0.2) is 77.4 Å². The second-order valence-electron chi connectivity index (χ2n) is 5.24. The molecule has 0 aliphatic rings. The molecule has 0 unspecified atom stereocenters. The second-order valence-corrected chi connectivity index (χ2v) is 5.67. The van der Waals surface area contributed by atoms with Crippen LogP contribution >= 0.6 is 11.6 Å². The lowest BCUT2D eigenvalue weighted by Crippen LogP contribution is -2.30. The maximum atomic E-state index is 12.8. The van der Waals surface area contributed by atoms with Gasteiger partial charge >= 0.3 is 0 Å². The summed E-state index contributed by atoms with van der Waals surface area (Å²) in [5, 5.41) is 0.660. The number of hydrogen-bond donors (Lipinski definition) is 0. The predicted molar refractivity (Wildman–Crippen MR) is 90.2 cm³/mol. The van der Waals surface area contributed by atoms with E-state index >= 15 is 0 Å². The van der Waals surface area contributed by atoms with Crippen LogP contribution in [0.4, 0.5) is 0 Å². The summed E-state index contributed by atoms with van der Waals surface area (Å²) in [7, 11) is 0. The minimum absolute atomic E-state index is 0.0398. The topological polar surface area (TPSA) is 33.5 Å². The summed E-state index contributed by atoms with van der Waals surface area (Å²) in [4.78, 5) is 14.6. The SMILES string of the molecule is O=C(c1ccccc1)N(Cc1cccc(Cl)c1)Cc1ccco1. The molecule has 1 aromatic heterocycles. The number of furan rings is 1. The zero-order valence-electron chi connectivity index (χ0n) is 12.5. The number of carbonyl (C=O) groups excluding carboxylic acids is 1. The van der Waals surface area contributed by atoms with Crippen LogP contribution in [0.5, 0.6) is 0 Å². The monoisotopic (exact) mass is 325 g/mol. The van der Waals surface area contributed by atoms with E-state index in [4.69, 9.17) is 16.0 Å². The van der Waals surface area contributed by atoms with Gasteiger partial charge < -0.3 is 9.32 Å². The summed E-state index contributed by atoms with van der Waals surface area (Å²) >= 11 is 6.05. The fourth-order valence-electron chi connectivity index (χ4n) is 2.41. The molecule has 0 radical (unpaired) electrons. The smallest absolute Gasteiger partial charge is 0.254 e. The molecule has 0 atom stereocenters. The van der Waals surface area contributed by atoms with Crippen LogP contribution in [-0.2, 0) is 13.1 Å². The number of rotatable bonds is 5. The first-order chi connectivity index (χ1) is 11.2. The van der Waals surface area contributed by atoms with Gasteiger partial charge in [-0.3, -0.25) is 4.79 Å². The van der Waals surface area contributed by atoms with Crippen LogP contribution in [0.3, 0.4) is 0 Å². The quantitative estimate of drug-likeness (QED) is 0.676. The Morgan fingerprint density at radius 1 is 0.957 bits per heavy atom. The molecule has 116 valence electrons. The molecule has 0 aliphatic heterocycles. The Kier molecular flexibility index (Phi) is 4.79. The lowest BCUT2D eigenvalue weighted by Gasteiger charge is -2.22. The first-order valence-electron chi connectivity index (χ1n) is 7.33. The standard InChI is InChI=1S/C19H16ClNO2/c20-17-9-4-6-15(12-17)13-21(14-18-10-5-11-23-18)19(22)16-7-2-1-3-8-16/h1-12H,13-14H2. The van der Waals surface area contributed by atoms with Gasteiger partial charge in [-0.1, -0.05) is 41.9 Å². The van der Waals surface area contributed by atoms with E-state index < -0.39 is 0 Å². The number of nitrogens with zero attached hydrogens (tertiary/aromatic N) is 1. The molecule has 23 heavy (non-hydrogen) atoms. The van der Waals surface area contributed by atoms with Gasteiger partial charge in [0.1, 0.15) is 5.76 Å². The normalized spacial score (nSPS) is 10.5. The molecule has 1 heterocycles. The largest absolute Gasteiger partial charge is 0.467 e. The van der Waals surface area contributed by atoms with Gasteiger partial charge in [0.15, 0.2) is 0 Å². The Morgan fingerprint density at radius 3 is 2.48 bits per heavy atom. The number of benzene rings is 2. The summed E-state index contributed by atoms with van der Waals surface area (Å²) in [6, 6.07) is 20.5. The van der Waals surface area contributed by atoms with E-state index in [9.17, 15) is 4.79 Å². The molecule has 0 N–H and O–H groups in total. The Hall–Kier alpha value is -2.52. The molecule has 3 aromatic rings. The Bertz CT molecular complexity index is 769. The Morgan fingerprint density at radius 2 is 1.78 bits per heavy atom. The highest BCUT2D eigenvalue weighted by Crippen LogP contribution is 2.17. The molecular formula is C19H16ClNO2. The lowest BCUT2D eigenvalue weighted by atomic mass is 10.1. The fraction of sp³-hybridized carbons (Fsp3) is 0.105. The molecule has 0 bridgehead atoms. The van der Waals surface area contributed by atoms with Crippen LogP contribution in [0, 0.1) is 0 Å². The van der Waals surface area contributed by atoms with Crippen molar-refractivity contribution in [3.05, 3.63) is 94.9 Å². The third-order valence-electron chi connectivity index (χ3n) is 3.50. The van der Waals surface area contributed by atoms with Gasteiger partial charge in [0.2, 0.25) is 0 Å². The van der Waals surface area contributed by atoms with E-state index in [0.29, 0.717) is 23.7 Å². The molecule has 0 spiro atoms. The van der Waals surface area contributed by atoms with E-state index in [1.165, 1.54) is 0 Å². The summed E-state index contributed by atoms with van der Waals surface area (Å²) in [6.45, 7) is 0.877. The summed E-state index contributed by atoms with van der Waals surface area (Å²) in [6.07, 6.45) is 1.61. The molecule has 4 heteroatoms. The van der Waals surface area contributed by atoms with Crippen molar-refractivity contribution < 1.29 is 9.21 Å². The van der Waals surface area contributed by atoms with Gasteiger partial charge in [0, 0.05) is 17.1 Å². The van der Waals surface area contributed by atoms with Crippen molar-refractivity contribution in [3.8, 4) is 0 Å². The van der Waals surface area contributed by atoms with Gasteiger partial charge in [-0.15, -0.1) is 0 Å². The van der Waals surface area contributed by atoms with Crippen molar-refractivity contribution in [3.63, 3.8) is 0 Å². The van der Waals surface area contributed by atoms with E-state index in [1.807, 2.05) is 66.7 Å². The van der Waals surface area contributed by atoms with Crippen molar-refractivity contribution in [1.82, 2.24) is 4.90 Å². The summed E-state index contributed by atoms with van der Waals surface area (Å²) in [5.41, 5.74) is 1.63. The second kappa shape index (κ2) is 7.16. The minimum Gasteiger partial charge on any atom is -0.467 e. The van der Waals surface area contributed by atoms with Gasteiger partial charge in [0.25, 0.3) is 5.91 Å². The fourth-order valence-corrected chi connectivity index (χ4v) is 2.62. The van der Waals surface area contributed by atoms with E-state index in [2.05, 4.69) is 0 Å². The highest BCUT2D eigenvalue weighted by atomic mass is 35.5. The highest BCUT2D eigenvalue weighted by Gasteiger charge is 2.17. The predicted octanol–water partition coefficient (Wildman–Crippen LogP) is 4.78. The zero-order valence-corrected chi connectivity index (χ0v) is 13.2. The van der Waals surface area contributed by atoms with Crippen LogP contribution in [-0.4, -0.2) is 10.8 Å². The van der Waals surface area contributed by atoms with Crippen LogP contribution in [0.2, 0.25) is 5.02 Å². The molecule has 3 nitrogen and oxygen atoms in total. The number of carbonyl (C=O) groups is 1. The minimum atomic E-state index is -0.0398. The maximum Gasteiger partial charge on any atom is 0.254 e. The molecule has 0 aliphatic carbocycles. The first-order valence-corrected chi connectivity index (χ1v) is 7.71. The van der Waals surface area contributed by atoms with E-state index in [-0.39, 0.29) is 5.91 Å². The van der Waals surface area contributed by atoms with Gasteiger partial charge in [-0.2, -0.15) is 0 Å². The van der Waals surface area contributed by atoms with Gasteiger partial charge in [-0.25, -0.2) is 0 Å². The van der Waals surface area contributed by atoms with Gasteiger partial charge in [-0.05, 0) is 42.0 Å². The lowest BCUT2D eigenvalue weighted by molar-refractivity contribution is 0.0717. The molecule has 0 fully saturated rings. The number of halogens is 1. The van der Waals surface area contributed by atoms with E-state index in [0.717, 1.165) is 11.3 Å².